The van der Waals surface area contributed by atoms with Crippen molar-refractivity contribution in [3.8, 4) is 5.75 Å². The molecule has 0 aliphatic rings. The van der Waals surface area contributed by atoms with Crippen molar-refractivity contribution in [1.82, 2.24) is 10.7 Å². The van der Waals surface area contributed by atoms with Crippen molar-refractivity contribution < 1.29 is 19.1 Å². The fourth-order valence-electron chi connectivity index (χ4n) is 1.50. The molecular weight excluding hydrogens is 401 g/mol. The minimum absolute atomic E-state index is 0.0598. The molecule has 2 aromatic rings. The maximum absolute atomic E-state index is 11.5. The van der Waals surface area contributed by atoms with Crippen molar-refractivity contribution in [2.24, 2.45) is 5.10 Å². The molecule has 0 bridgehead atoms. The largest absolute Gasteiger partial charge is 0.507 e. The number of hydrogen-bond acceptors (Lipinski definition) is 5. The predicted octanol–water partition coefficient (Wildman–Crippen LogP) is 1.47. The van der Waals surface area contributed by atoms with Gasteiger partial charge in [-0.25, -0.2) is 5.43 Å². The van der Waals surface area contributed by atoms with E-state index in [2.05, 4.69) is 38.4 Å². The number of benzene rings is 1. The van der Waals surface area contributed by atoms with Crippen LogP contribution < -0.4 is 10.7 Å². The molecule has 0 saturated carbocycles. The average Bonchev–Trinajstić information content (AvgIpc) is 3.02. The molecule has 1 heterocycles. The van der Waals surface area contributed by atoms with Gasteiger partial charge < -0.3 is 14.8 Å². The minimum Gasteiger partial charge on any atom is -0.507 e. The molecule has 114 valence electrons. The van der Waals surface area contributed by atoms with Gasteiger partial charge in [-0.15, -0.1) is 0 Å². The molecule has 8 heteroatoms. The van der Waals surface area contributed by atoms with Gasteiger partial charge in [0.25, 0.3) is 11.8 Å². The van der Waals surface area contributed by atoms with Crippen molar-refractivity contribution in [3.63, 3.8) is 0 Å². The zero-order chi connectivity index (χ0) is 15.9. The van der Waals surface area contributed by atoms with Crippen LogP contribution >= 0.6 is 22.6 Å². The van der Waals surface area contributed by atoms with E-state index in [0.29, 0.717) is 5.56 Å². The first-order chi connectivity index (χ1) is 10.6. The van der Waals surface area contributed by atoms with Crippen molar-refractivity contribution in [2.45, 2.75) is 0 Å². The molecule has 2 amide bonds. The molecule has 0 fully saturated rings. The monoisotopic (exact) mass is 413 g/mol. The zero-order valence-electron chi connectivity index (χ0n) is 11.2. The standard InChI is InChI=1S/C14H12IN3O4/c15-10-3-4-11(19)9(6-10)7-17-18-13(20)8-16-14(21)12-2-1-5-22-12/h1-7,19H,8H2,(H,16,21)(H,18,20). The maximum atomic E-state index is 11.5. The van der Waals surface area contributed by atoms with E-state index in [-0.39, 0.29) is 18.1 Å². The Bertz CT molecular complexity index is 698. The van der Waals surface area contributed by atoms with Gasteiger partial charge in [-0.3, -0.25) is 9.59 Å². The van der Waals surface area contributed by atoms with E-state index in [4.69, 9.17) is 4.42 Å². The average molecular weight is 413 g/mol. The first-order valence-corrected chi connectivity index (χ1v) is 7.26. The highest BCUT2D eigenvalue weighted by Gasteiger charge is 2.09. The third kappa shape index (κ3) is 4.58. The molecule has 0 aliphatic heterocycles. The number of nitrogens with one attached hydrogen (secondary N) is 2. The number of amides is 2. The summed E-state index contributed by atoms with van der Waals surface area (Å²) in [5.41, 5.74) is 2.73. The number of rotatable bonds is 5. The van der Waals surface area contributed by atoms with Crippen LogP contribution in [0.15, 0.2) is 46.1 Å². The lowest BCUT2D eigenvalue weighted by atomic mass is 10.2. The van der Waals surface area contributed by atoms with E-state index in [9.17, 15) is 14.7 Å². The van der Waals surface area contributed by atoms with Gasteiger partial charge in [-0.1, -0.05) is 0 Å². The smallest absolute Gasteiger partial charge is 0.287 e. The van der Waals surface area contributed by atoms with Crippen LogP contribution in [0, 0.1) is 3.57 Å². The van der Waals surface area contributed by atoms with Gasteiger partial charge in [0, 0.05) is 9.13 Å². The maximum Gasteiger partial charge on any atom is 0.287 e. The molecule has 0 atom stereocenters. The van der Waals surface area contributed by atoms with Crippen molar-refractivity contribution >= 4 is 40.6 Å². The normalized spacial score (nSPS) is 10.6. The summed E-state index contributed by atoms with van der Waals surface area (Å²) >= 11 is 2.10. The first kappa shape index (κ1) is 16.0. The minimum atomic E-state index is -0.499. The Morgan fingerprint density at radius 2 is 2.18 bits per heavy atom. The second-order valence-corrected chi connectivity index (χ2v) is 5.40. The van der Waals surface area contributed by atoms with Crippen LogP contribution in [0.4, 0.5) is 0 Å². The molecule has 1 aromatic heterocycles. The van der Waals surface area contributed by atoms with Gasteiger partial charge in [0.15, 0.2) is 5.76 Å². The van der Waals surface area contributed by atoms with E-state index >= 15 is 0 Å². The second kappa shape index (κ2) is 7.59. The Morgan fingerprint density at radius 1 is 1.36 bits per heavy atom. The summed E-state index contributed by atoms with van der Waals surface area (Å²) in [6, 6.07) is 8.06. The van der Waals surface area contributed by atoms with Gasteiger partial charge >= 0.3 is 0 Å². The highest BCUT2D eigenvalue weighted by atomic mass is 127. The van der Waals surface area contributed by atoms with Crippen LogP contribution in [0.3, 0.4) is 0 Å². The van der Waals surface area contributed by atoms with Crippen LogP contribution in [-0.2, 0) is 4.79 Å². The number of aromatic hydroxyl groups is 1. The molecular formula is C14H12IN3O4. The van der Waals surface area contributed by atoms with Gasteiger partial charge in [-0.05, 0) is 52.9 Å². The molecule has 0 aliphatic carbocycles. The highest BCUT2D eigenvalue weighted by Crippen LogP contribution is 2.17. The molecule has 0 radical (unpaired) electrons. The number of phenols is 1. The number of furan rings is 1. The van der Waals surface area contributed by atoms with Crippen LogP contribution in [0.1, 0.15) is 16.1 Å². The third-order valence-electron chi connectivity index (χ3n) is 2.54. The quantitative estimate of drug-likeness (QED) is 0.392. The van der Waals surface area contributed by atoms with E-state index in [1.54, 1.807) is 18.2 Å². The highest BCUT2D eigenvalue weighted by molar-refractivity contribution is 14.1. The molecule has 0 unspecified atom stereocenters. The van der Waals surface area contributed by atoms with Crippen LogP contribution in [-0.4, -0.2) is 29.7 Å². The molecule has 0 saturated heterocycles. The van der Waals surface area contributed by atoms with Gasteiger partial charge in [0.1, 0.15) is 5.75 Å². The summed E-state index contributed by atoms with van der Waals surface area (Å²) in [5.74, 6) is -0.801. The number of hydrogen-bond donors (Lipinski definition) is 3. The Morgan fingerprint density at radius 3 is 2.91 bits per heavy atom. The molecule has 7 nitrogen and oxygen atoms in total. The van der Waals surface area contributed by atoms with Crippen molar-refractivity contribution in [2.75, 3.05) is 6.54 Å². The van der Waals surface area contributed by atoms with Crippen LogP contribution in [0.25, 0.3) is 0 Å². The lowest BCUT2D eigenvalue weighted by molar-refractivity contribution is -0.120. The number of carbonyl (C=O) groups is 2. The van der Waals surface area contributed by atoms with E-state index in [1.165, 1.54) is 24.6 Å². The number of nitrogens with zero attached hydrogens (tertiary/aromatic N) is 1. The summed E-state index contributed by atoms with van der Waals surface area (Å²) in [6.45, 7) is -0.241. The molecule has 3 N–H and O–H groups in total. The predicted molar refractivity (Wildman–Crippen MR) is 87.6 cm³/mol. The molecule has 22 heavy (non-hydrogen) atoms. The summed E-state index contributed by atoms with van der Waals surface area (Å²) in [7, 11) is 0. The van der Waals surface area contributed by atoms with Crippen LogP contribution in [0.2, 0.25) is 0 Å². The van der Waals surface area contributed by atoms with Crippen molar-refractivity contribution in [1.29, 1.82) is 0 Å². The summed E-state index contributed by atoms with van der Waals surface area (Å²) in [6.07, 6.45) is 2.69. The van der Waals surface area contributed by atoms with Gasteiger partial charge in [0.05, 0.1) is 19.0 Å². The van der Waals surface area contributed by atoms with E-state index < -0.39 is 11.8 Å². The lowest BCUT2D eigenvalue weighted by Gasteiger charge is -2.02. The fourth-order valence-corrected chi connectivity index (χ4v) is 2.01. The second-order valence-electron chi connectivity index (χ2n) is 4.16. The molecule has 0 spiro atoms. The number of carbonyl (C=O) groups excluding carboxylic acids is 2. The summed E-state index contributed by atoms with van der Waals surface area (Å²) < 4.78 is 5.81. The summed E-state index contributed by atoms with van der Waals surface area (Å²) in [5, 5.41) is 15.7. The van der Waals surface area contributed by atoms with Gasteiger partial charge in [-0.2, -0.15) is 5.10 Å². The first-order valence-electron chi connectivity index (χ1n) is 6.18. The van der Waals surface area contributed by atoms with Gasteiger partial charge in [0.2, 0.25) is 0 Å². The summed E-state index contributed by atoms with van der Waals surface area (Å²) in [4.78, 5) is 23.1. The Labute approximate surface area is 139 Å². The van der Waals surface area contributed by atoms with Crippen molar-refractivity contribution in [3.05, 3.63) is 51.5 Å². The van der Waals surface area contributed by atoms with Crippen LogP contribution in [0.5, 0.6) is 5.75 Å². The zero-order valence-corrected chi connectivity index (χ0v) is 13.4. The Hall–Kier alpha value is -2.36. The lowest BCUT2D eigenvalue weighted by Crippen LogP contribution is -2.34. The molecule has 2 rings (SSSR count). The fraction of sp³-hybridized carbons (Fsp3) is 0.0714. The number of halogens is 1. The Kier molecular flexibility index (Phi) is 5.53. The van der Waals surface area contributed by atoms with E-state index in [0.717, 1.165) is 3.57 Å². The van der Waals surface area contributed by atoms with E-state index in [1.807, 2.05) is 0 Å². The number of phenolic OH excluding ortho intramolecular Hbond substituents is 1. The molecule has 1 aromatic carbocycles. The third-order valence-corrected chi connectivity index (χ3v) is 3.21. The number of hydrazone groups is 1. The SMILES string of the molecule is O=C(CNC(=O)c1ccco1)NN=Cc1cc(I)ccc1O. The topological polar surface area (TPSA) is 104 Å². The Balaban J connectivity index is 1.81.